The molecule has 0 amide bonds. The molecule has 0 aromatic carbocycles. The normalized spacial score (nSPS) is 11.8. The zero-order chi connectivity index (χ0) is 16.0. The van der Waals surface area contributed by atoms with Crippen LogP contribution in [0.3, 0.4) is 0 Å². The van der Waals surface area contributed by atoms with Crippen molar-refractivity contribution >= 4 is 11.9 Å². The van der Waals surface area contributed by atoms with E-state index in [0.717, 1.165) is 38.5 Å². The van der Waals surface area contributed by atoms with E-state index in [1.54, 1.807) is 0 Å². The van der Waals surface area contributed by atoms with Gasteiger partial charge in [0.1, 0.15) is 0 Å². The minimum Gasteiger partial charge on any atom is -0.550 e. The van der Waals surface area contributed by atoms with Gasteiger partial charge < -0.3 is 19.8 Å². The standard InChI is InChI=1S/2C8H16O2.2Cu/c2*1-3-5-6-7(4-2)8(9)10;;/h2*7H,3-6H2,1-2H3,(H,9,10);;/q;;2*+1/p-2. The van der Waals surface area contributed by atoms with Crippen LogP contribution in [0, 0.1) is 11.8 Å². The van der Waals surface area contributed by atoms with Crippen molar-refractivity contribution < 1.29 is 53.9 Å². The van der Waals surface area contributed by atoms with Gasteiger partial charge in [0.05, 0.1) is 0 Å². The van der Waals surface area contributed by atoms with Gasteiger partial charge in [-0.1, -0.05) is 53.4 Å². The molecule has 0 spiro atoms. The Labute approximate surface area is 156 Å². The van der Waals surface area contributed by atoms with Crippen LogP contribution in [0.1, 0.15) is 79.1 Å². The van der Waals surface area contributed by atoms with Crippen LogP contribution in [0.4, 0.5) is 0 Å². The van der Waals surface area contributed by atoms with Crippen molar-refractivity contribution in [1.82, 2.24) is 0 Å². The summed E-state index contributed by atoms with van der Waals surface area (Å²) in [5.74, 6) is -2.23. The van der Waals surface area contributed by atoms with E-state index in [2.05, 4.69) is 13.8 Å². The molecule has 4 nitrogen and oxygen atoms in total. The molecule has 0 aliphatic heterocycles. The van der Waals surface area contributed by atoms with Crippen molar-refractivity contribution in [3.63, 3.8) is 0 Å². The molecular weight excluding hydrogens is 383 g/mol. The maximum absolute atomic E-state index is 10.3. The van der Waals surface area contributed by atoms with E-state index in [1.807, 2.05) is 13.8 Å². The minimum absolute atomic E-state index is 0. The molecule has 0 saturated heterocycles. The number of carbonyl (C=O) groups is 2. The molecule has 0 saturated carbocycles. The smallest absolute Gasteiger partial charge is 0.550 e. The van der Waals surface area contributed by atoms with Crippen LogP contribution in [0.2, 0.25) is 0 Å². The SMILES string of the molecule is CCCCC(CC)C(=O)[O-].CCCCC(CC)C(=O)[O-].[Cu+].[Cu+]. The predicted octanol–water partition coefficient (Wildman–Crippen LogP) is 1.90. The average Bonchev–Trinajstić information content (AvgIpc) is 2.40. The Morgan fingerprint density at radius 1 is 0.727 bits per heavy atom. The number of aliphatic carboxylic acids is 2. The molecule has 0 heterocycles. The van der Waals surface area contributed by atoms with Gasteiger partial charge in [0.2, 0.25) is 0 Å². The van der Waals surface area contributed by atoms with Crippen LogP contribution >= 0.6 is 0 Å². The fraction of sp³-hybridized carbons (Fsp3) is 0.875. The second-order valence-electron chi connectivity index (χ2n) is 5.13. The molecule has 0 aliphatic carbocycles. The van der Waals surface area contributed by atoms with E-state index in [9.17, 15) is 19.8 Å². The van der Waals surface area contributed by atoms with E-state index >= 15 is 0 Å². The summed E-state index contributed by atoms with van der Waals surface area (Å²) in [7, 11) is 0. The minimum atomic E-state index is -0.893. The zero-order valence-electron chi connectivity index (χ0n) is 14.0. The molecule has 0 bridgehead atoms. The van der Waals surface area contributed by atoms with Gasteiger partial charge in [-0.2, -0.15) is 0 Å². The molecule has 140 valence electrons. The predicted molar refractivity (Wildman–Crippen MR) is 76.6 cm³/mol. The Hall–Kier alpha value is -0.0210. The van der Waals surface area contributed by atoms with Crippen molar-refractivity contribution in [2.75, 3.05) is 0 Å². The molecular formula is C16H30Cu2O4. The van der Waals surface area contributed by atoms with Crippen LogP contribution in [0.15, 0.2) is 0 Å². The topological polar surface area (TPSA) is 80.3 Å². The third-order valence-corrected chi connectivity index (χ3v) is 3.46. The number of unbranched alkanes of at least 4 members (excludes halogenated alkanes) is 2. The molecule has 0 aromatic heterocycles. The second kappa shape index (κ2) is 21.0. The maximum atomic E-state index is 10.3. The summed E-state index contributed by atoms with van der Waals surface area (Å²) < 4.78 is 0. The fourth-order valence-corrected chi connectivity index (χ4v) is 1.88. The van der Waals surface area contributed by atoms with Gasteiger partial charge in [-0.05, 0) is 37.5 Å². The van der Waals surface area contributed by atoms with Crippen LogP contribution in [-0.2, 0) is 43.7 Å². The van der Waals surface area contributed by atoms with Crippen molar-refractivity contribution in [3.05, 3.63) is 0 Å². The Kier molecular flexibility index (Phi) is 28.5. The largest absolute Gasteiger partial charge is 1.00 e. The van der Waals surface area contributed by atoms with E-state index in [4.69, 9.17) is 0 Å². The summed E-state index contributed by atoms with van der Waals surface area (Å²) in [6.45, 7) is 7.89. The van der Waals surface area contributed by atoms with Gasteiger partial charge in [-0.15, -0.1) is 0 Å². The molecule has 0 radical (unpaired) electrons. The molecule has 0 aromatic rings. The van der Waals surface area contributed by atoms with Gasteiger partial charge in [0, 0.05) is 11.9 Å². The van der Waals surface area contributed by atoms with Crippen molar-refractivity contribution in [1.29, 1.82) is 0 Å². The number of rotatable bonds is 10. The first kappa shape index (κ1) is 29.9. The maximum Gasteiger partial charge on any atom is 1.00 e. The van der Waals surface area contributed by atoms with Gasteiger partial charge in [0.15, 0.2) is 0 Å². The number of carboxylic acid groups (broad SMARTS) is 2. The summed E-state index contributed by atoms with van der Waals surface area (Å²) in [6.07, 6.45) is 7.04. The van der Waals surface area contributed by atoms with E-state index in [-0.39, 0.29) is 46.0 Å². The Bertz CT molecular complexity index is 235. The fourth-order valence-electron chi connectivity index (χ4n) is 1.88. The number of carboxylic acids is 2. The quantitative estimate of drug-likeness (QED) is 0.513. The van der Waals surface area contributed by atoms with Crippen molar-refractivity contribution in [2.24, 2.45) is 11.8 Å². The van der Waals surface area contributed by atoms with E-state index in [0.29, 0.717) is 12.8 Å². The van der Waals surface area contributed by atoms with Gasteiger partial charge in [-0.3, -0.25) is 0 Å². The molecule has 2 atom stereocenters. The molecule has 22 heavy (non-hydrogen) atoms. The van der Waals surface area contributed by atoms with E-state index < -0.39 is 11.9 Å². The first-order valence-corrected chi connectivity index (χ1v) is 7.86. The van der Waals surface area contributed by atoms with E-state index in [1.165, 1.54) is 0 Å². The van der Waals surface area contributed by atoms with Crippen LogP contribution in [0.25, 0.3) is 0 Å². The van der Waals surface area contributed by atoms with Crippen LogP contribution < -0.4 is 10.2 Å². The third kappa shape index (κ3) is 18.0. The summed E-state index contributed by atoms with van der Waals surface area (Å²) in [5.41, 5.74) is 0. The second-order valence-corrected chi connectivity index (χ2v) is 5.13. The number of hydrogen-bond acceptors (Lipinski definition) is 4. The summed E-state index contributed by atoms with van der Waals surface area (Å²) in [5, 5.41) is 20.7. The molecule has 0 N–H and O–H groups in total. The summed E-state index contributed by atoms with van der Waals surface area (Å²) in [6, 6.07) is 0. The number of hydrogen-bond donors (Lipinski definition) is 0. The summed E-state index contributed by atoms with van der Waals surface area (Å²) in [4.78, 5) is 20.7. The van der Waals surface area contributed by atoms with Crippen molar-refractivity contribution in [3.8, 4) is 0 Å². The Morgan fingerprint density at radius 2 is 1.00 bits per heavy atom. The number of carbonyl (C=O) groups excluding carboxylic acids is 2. The van der Waals surface area contributed by atoms with Gasteiger partial charge in [0.25, 0.3) is 0 Å². The molecule has 0 aliphatic rings. The first-order chi connectivity index (χ1) is 9.44. The third-order valence-electron chi connectivity index (χ3n) is 3.46. The zero-order valence-corrected chi connectivity index (χ0v) is 15.9. The van der Waals surface area contributed by atoms with Crippen LogP contribution in [-0.4, -0.2) is 11.9 Å². The molecule has 0 fully saturated rings. The Balaban J connectivity index is -0.000000135. The van der Waals surface area contributed by atoms with Gasteiger partial charge >= 0.3 is 34.1 Å². The Morgan fingerprint density at radius 3 is 1.14 bits per heavy atom. The molecule has 6 heteroatoms. The van der Waals surface area contributed by atoms with Crippen LogP contribution in [0.5, 0.6) is 0 Å². The summed E-state index contributed by atoms with van der Waals surface area (Å²) >= 11 is 0. The van der Waals surface area contributed by atoms with Gasteiger partial charge in [-0.25, -0.2) is 0 Å². The average molecular weight is 414 g/mol. The van der Waals surface area contributed by atoms with Crippen molar-refractivity contribution in [2.45, 2.75) is 79.1 Å². The first-order valence-electron chi connectivity index (χ1n) is 7.86. The monoisotopic (exact) mass is 412 g/mol. The molecule has 2 unspecified atom stereocenters. The molecule has 0 rings (SSSR count).